The van der Waals surface area contributed by atoms with Gasteiger partial charge in [0, 0.05) is 12.8 Å². The quantitative estimate of drug-likeness (QED) is 0.671. The van der Waals surface area contributed by atoms with Crippen molar-refractivity contribution < 1.29 is 9.47 Å². The summed E-state index contributed by atoms with van der Waals surface area (Å²) in [5.74, 6) is 1.46. The van der Waals surface area contributed by atoms with E-state index in [1.165, 1.54) is 18.4 Å². The minimum Gasteiger partial charge on any atom is -0.448 e. The molecule has 17 heavy (non-hydrogen) atoms. The molecule has 0 N–H and O–H groups in total. The third-order valence-corrected chi connectivity index (χ3v) is 4.06. The van der Waals surface area contributed by atoms with Crippen LogP contribution < -0.4 is 9.47 Å². The molecule has 2 aliphatic rings. The van der Waals surface area contributed by atoms with Crippen LogP contribution in [-0.2, 0) is 0 Å². The molecule has 0 bridgehead atoms. The van der Waals surface area contributed by atoms with Crippen LogP contribution in [0.3, 0.4) is 0 Å². The Hall–Kier alpha value is -1.18. The van der Waals surface area contributed by atoms with Gasteiger partial charge in [0.25, 0.3) is 5.79 Å². The highest BCUT2D eigenvalue weighted by Gasteiger charge is 2.46. The van der Waals surface area contributed by atoms with Gasteiger partial charge < -0.3 is 9.47 Å². The molecule has 0 saturated heterocycles. The largest absolute Gasteiger partial charge is 0.448 e. The molecule has 1 saturated carbocycles. The summed E-state index contributed by atoms with van der Waals surface area (Å²) in [5.41, 5.74) is 1.66. The highest BCUT2D eigenvalue weighted by atomic mass is 16.7. The fraction of sp³-hybridized carbons (Fsp3) is 0.600. The molecular weight excluding hydrogens is 212 g/mol. The Kier molecular flexibility index (Phi) is 2.19. The van der Waals surface area contributed by atoms with Gasteiger partial charge in [0.2, 0.25) is 0 Å². The lowest BCUT2D eigenvalue weighted by Crippen LogP contribution is -2.44. The molecule has 1 aliphatic carbocycles. The standard InChI is InChI=1S/C15H20O2/c1-11-4-5-12-13(10-11)17-15(16-12)8-6-14(2,3)7-9-15/h4-5,10H,6-9H2,1-3H3. The van der Waals surface area contributed by atoms with Gasteiger partial charge in [0.1, 0.15) is 0 Å². The zero-order chi connectivity index (χ0) is 12.1. The van der Waals surface area contributed by atoms with E-state index < -0.39 is 0 Å². The molecule has 1 spiro atoms. The fourth-order valence-electron chi connectivity index (χ4n) is 2.71. The first-order valence-electron chi connectivity index (χ1n) is 6.47. The Morgan fingerprint density at radius 3 is 2.29 bits per heavy atom. The van der Waals surface area contributed by atoms with Gasteiger partial charge in [-0.05, 0) is 42.9 Å². The molecule has 0 atom stereocenters. The first-order valence-corrected chi connectivity index (χ1v) is 6.47. The lowest BCUT2D eigenvalue weighted by Gasteiger charge is -2.39. The monoisotopic (exact) mass is 232 g/mol. The zero-order valence-corrected chi connectivity index (χ0v) is 10.9. The maximum atomic E-state index is 6.09. The van der Waals surface area contributed by atoms with E-state index in [9.17, 15) is 0 Å². The highest BCUT2D eigenvalue weighted by molar-refractivity contribution is 5.45. The lowest BCUT2D eigenvalue weighted by atomic mass is 9.75. The molecule has 1 aromatic rings. The van der Waals surface area contributed by atoms with Crippen LogP contribution >= 0.6 is 0 Å². The molecule has 0 aromatic heterocycles. The normalized spacial score (nSPS) is 23.9. The van der Waals surface area contributed by atoms with Crippen molar-refractivity contribution in [3.8, 4) is 11.5 Å². The molecule has 0 amide bonds. The van der Waals surface area contributed by atoms with E-state index in [1.807, 2.05) is 6.07 Å². The molecule has 92 valence electrons. The Labute approximate surface area is 103 Å². The molecule has 0 radical (unpaired) electrons. The SMILES string of the molecule is Cc1ccc2c(c1)OC1(CCC(C)(C)CC1)O2. The van der Waals surface area contributed by atoms with Crippen LogP contribution in [0.5, 0.6) is 11.5 Å². The van der Waals surface area contributed by atoms with Crippen molar-refractivity contribution >= 4 is 0 Å². The molecule has 0 unspecified atom stereocenters. The Balaban J connectivity index is 1.82. The van der Waals surface area contributed by atoms with Crippen LogP contribution in [0.15, 0.2) is 18.2 Å². The summed E-state index contributed by atoms with van der Waals surface area (Å²) < 4.78 is 12.1. The maximum Gasteiger partial charge on any atom is 0.251 e. The molecule has 1 aromatic carbocycles. The van der Waals surface area contributed by atoms with Crippen LogP contribution in [0.25, 0.3) is 0 Å². The Morgan fingerprint density at radius 2 is 1.59 bits per heavy atom. The van der Waals surface area contributed by atoms with Crippen LogP contribution in [0.2, 0.25) is 0 Å². The van der Waals surface area contributed by atoms with Gasteiger partial charge in [0.15, 0.2) is 11.5 Å². The van der Waals surface area contributed by atoms with E-state index in [0.717, 1.165) is 24.3 Å². The van der Waals surface area contributed by atoms with Gasteiger partial charge in [-0.1, -0.05) is 19.9 Å². The predicted molar refractivity (Wildman–Crippen MR) is 67.4 cm³/mol. The second-order valence-electron chi connectivity index (χ2n) is 6.23. The average Bonchev–Trinajstić information content (AvgIpc) is 2.61. The summed E-state index contributed by atoms with van der Waals surface area (Å²) in [6.45, 7) is 6.73. The summed E-state index contributed by atoms with van der Waals surface area (Å²) in [5, 5.41) is 0. The number of aryl methyl sites for hydroxylation is 1. The number of fused-ring (bicyclic) bond motifs is 1. The van der Waals surface area contributed by atoms with Gasteiger partial charge in [-0.15, -0.1) is 0 Å². The molecule has 1 aliphatic heterocycles. The second-order valence-corrected chi connectivity index (χ2v) is 6.23. The van der Waals surface area contributed by atoms with Crippen LogP contribution in [0.1, 0.15) is 45.1 Å². The third kappa shape index (κ3) is 1.90. The van der Waals surface area contributed by atoms with Gasteiger partial charge in [0.05, 0.1) is 0 Å². The minimum absolute atomic E-state index is 0.369. The third-order valence-electron chi connectivity index (χ3n) is 4.06. The Morgan fingerprint density at radius 1 is 0.941 bits per heavy atom. The zero-order valence-electron chi connectivity index (χ0n) is 10.9. The number of ether oxygens (including phenoxy) is 2. The van der Waals surface area contributed by atoms with E-state index in [1.54, 1.807) is 0 Å². The van der Waals surface area contributed by atoms with Crippen molar-refractivity contribution in [2.45, 2.75) is 52.2 Å². The number of benzene rings is 1. The summed E-state index contributed by atoms with van der Waals surface area (Å²) in [7, 11) is 0. The van der Waals surface area contributed by atoms with Crippen LogP contribution in [0.4, 0.5) is 0 Å². The van der Waals surface area contributed by atoms with Crippen molar-refractivity contribution in [3.05, 3.63) is 23.8 Å². The summed E-state index contributed by atoms with van der Waals surface area (Å²) in [4.78, 5) is 0. The first kappa shape index (κ1) is 10.9. The van der Waals surface area contributed by atoms with Crippen molar-refractivity contribution in [2.75, 3.05) is 0 Å². The lowest BCUT2D eigenvalue weighted by molar-refractivity contribution is -0.123. The van der Waals surface area contributed by atoms with E-state index in [0.29, 0.717) is 5.41 Å². The summed E-state index contributed by atoms with van der Waals surface area (Å²) in [6.07, 6.45) is 4.32. The molecule has 1 heterocycles. The highest BCUT2D eigenvalue weighted by Crippen LogP contribution is 2.49. The Bertz CT molecular complexity index is 438. The van der Waals surface area contributed by atoms with Crippen LogP contribution in [0, 0.1) is 12.3 Å². The van der Waals surface area contributed by atoms with Gasteiger partial charge >= 0.3 is 0 Å². The number of hydrogen-bond acceptors (Lipinski definition) is 2. The van der Waals surface area contributed by atoms with E-state index >= 15 is 0 Å². The average molecular weight is 232 g/mol. The van der Waals surface area contributed by atoms with E-state index in [2.05, 4.69) is 32.9 Å². The molecule has 3 rings (SSSR count). The smallest absolute Gasteiger partial charge is 0.251 e. The van der Waals surface area contributed by atoms with Crippen molar-refractivity contribution in [2.24, 2.45) is 5.41 Å². The molecule has 2 heteroatoms. The molecular formula is C15H20O2. The predicted octanol–water partition coefficient (Wildman–Crippen LogP) is 4.06. The fourth-order valence-corrected chi connectivity index (χ4v) is 2.71. The van der Waals surface area contributed by atoms with E-state index in [-0.39, 0.29) is 5.79 Å². The van der Waals surface area contributed by atoms with Gasteiger partial charge in [-0.2, -0.15) is 0 Å². The van der Waals surface area contributed by atoms with Crippen molar-refractivity contribution in [3.63, 3.8) is 0 Å². The van der Waals surface area contributed by atoms with Crippen molar-refractivity contribution in [1.82, 2.24) is 0 Å². The first-order chi connectivity index (χ1) is 7.98. The summed E-state index contributed by atoms with van der Waals surface area (Å²) >= 11 is 0. The molecule has 2 nitrogen and oxygen atoms in total. The number of rotatable bonds is 0. The molecule has 1 fully saturated rings. The van der Waals surface area contributed by atoms with Crippen LogP contribution in [-0.4, -0.2) is 5.79 Å². The second kappa shape index (κ2) is 3.41. The topological polar surface area (TPSA) is 18.5 Å². The maximum absolute atomic E-state index is 6.09. The summed E-state index contributed by atoms with van der Waals surface area (Å²) in [6, 6.07) is 6.18. The number of hydrogen-bond donors (Lipinski definition) is 0. The van der Waals surface area contributed by atoms with Crippen molar-refractivity contribution in [1.29, 1.82) is 0 Å². The van der Waals surface area contributed by atoms with E-state index in [4.69, 9.17) is 9.47 Å². The minimum atomic E-state index is -0.369. The van der Waals surface area contributed by atoms with Gasteiger partial charge in [-0.3, -0.25) is 0 Å². The van der Waals surface area contributed by atoms with Gasteiger partial charge in [-0.25, -0.2) is 0 Å².